The van der Waals surface area contributed by atoms with Crippen molar-refractivity contribution < 1.29 is 13.5 Å². The number of pyridine rings is 1. The SMILES string of the molecule is CCCNCc1cc(Oc2cc(F)cc(F)c2)ncc1Cl. The van der Waals surface area contributed by atoms with Crippen LogP contribution in [0.4, 0.5) is 8.78 Å². The number of ether oxygens (including phenoxy) is 1. The lowest BCUT2D eigenvalue weighted by molar-refractivity contribution is 0.450. The predicted molar refractivity (Wildman–Crippen MR) is 77.7 cm³/mol. The Morgan fingerprint density at radius 2 is 1.90 bits per heavy atom. The number of hydrogen-bond acceptors (Lipinski definition) is 3. The summed E-state index contributed by atoms with van der Waals surface area (Å²) in [5, 5.41) is 3.72. The van der Waals surface area contributed by atoms with Gasteiger partial charge in [0.05, 0.1) is 5.02 Å². The van der Waals surface area contributed by atoms with Gasteiger partial charge in [-0.2, -0.15) is 0 Å². The van der Waals surface area contributed by atoms with Crippen molar-refractivity contribution in [3.05, 3.63) is 52.7 Å². The molecule has 1 N–H and O–H groups in total. The lowest BCUT2D eigenvalue weighted by Crippen LogP contribution is -2.14. The van der Waals surface area contributed by atoms with Crippen molar-refractivity contribution in [2.45, 2.75) is 19.9 Å². The van der Waals surface area contributed by atoms with E-state index in [0.717, 1.165) is 36.7 Å². The average Bonchev–Trinajstić information content (AvgIpc) is 2.41. The summed E-state index contributed by atoms with van der Waals surface area (Å²) in [7, 11) is 0. The number of nitrogens with one attached hydrogen (secondary N) is 1. The maximum absolute atomic E-state index is 13.1. The van der Waals surface area contributed by atoms with Gasteiger partial charge in [-0.15, -0.1) is 0 Å². The van der Waals surface area contributed by atoms with Gasteiger partial charge in [0.2, 0.25) is 5.88 Å². The second kappa shape index (κ2) is 7.33. The first-order valence-electron chi connectivity index (χ1n) is 6.57. The summed E-state index contributed by atoms with van der Waals surface area (Å²) >= 11 is 6.05. The van der Waals surface area contributed by atoms with Gasteiger partial charge in [0.15, 0.2) is 0 Å². The Kier molecular flexibility index (Phi) is 5.47. The molecule has 112 valence electrons. The van der Waals surface area contributed by atoms with Crippen molar-refractivity contribution >= 4 is 11.6 Å². The highest BCUT2D eigenvalue weighted by atomic mass is 35.5. The summed E-state index contributed by atoms with van der Waals surface area (Å²) < 4.78 is 31.6. The zero-order valence-corrected chi connectivity index (χ0v) is 12.3. The fourth-order valence-corrected chi connectivity index (χ4v) is 1.93. The summed E-state index contributed by atoms with van der Waals surface area (Å²) in [4.78, 5) is 3.99. The van der Waals surface area contributed by atoms with E-state index in [1.807, 2.05) is 0 Å². The number of aromatic nitrogens is 1. The number of nitrogens with zero attached hydrogens (tertiary/aromatic N) is 1. The molecular weight excluding hydrogens is 298 g/mol. The topological polar surface area (TPSA) is 34.1 Å². The normalized spacial score (nSPS) is 10.7. The molecule has 0 unspecified atom stereocenters. The largest absolute Gasteiger partial charge is 0.439 e. The Hall–Kier alpha value is -1.72. The molecule has 2 aromatic rings. The second-order valence-corrected chi connectivity index (χ2v) is 4.91. The van der Waals surface area contributed by atoms with Gasteiger partial charge in [-0.3, -0.25) is 0 Å². The van der Waals surface area contributed by atoms with E-state index in [1.54, 1.807) is 6.07 Å². The maximum Gasteiger partial charge on any atom is 0.219 e. The van der Waals surface area contributed by atoms with Gasteiger partial charge in [-0.05, 0) is 18.5 Å². The van der Waals surface area contributed by atoms with Gasteiger partial charge in [-0.25, -0.2) is 13.8 Å². The fraction of sp³-hybridized carbons (Fsp3) is 0.267. The van der Waals surface area contributed by atoms with Crippen LogP contribution in [-0.4, -0.2) is 11.5 Å². The van der Waals surface area contributed by atoms with E-state index in [2.05, 4.69) is 17.2 Å². The zero-order valence-electron chi connectivity index (χ0n) is 11.5. The molecule has 0 aliphatic carbocycles. The van der Waals surface area contributed by atoms with Crippen LogP contribution in [0.15, 0.2) is 30.5 Å². The third-order valence-electron chi connectivity index (χ3n) is 2.71. The molecule has 0 aliphatic rings. The molecular formula is C15H15ClF2N2O. The van der Waals surface area contributed by atoms with E-state index in [-0.39, 0.29) is 11.6 Å². The Balaban J connectivity index is 2.14. The standard InChI is InChI=1S/C15H15ClF2N2O/c1-2-3-19-8-10-4-15(20-9-14(10)16)21-13-6-11(17)5-12(18)7-13/h4-7,9,19H,2-3,8H2,1H3. The van der Waals surface area contributed by atoms with E-state index >= 15 is 0 Å². The second-order valence-electron chi connectivity index (χ2n) is 4.50. The lowest BCUT2D eigenvalue weighted by atomic mass is 10.2. The molecule has 3 nitrogen and oxygen atoms in total. The molecule has 0 atom stereocenters. The van der Waals surface area contributed by atoms with Gasteiger partial charge in [0.25, 0.3) is 0 Å². The van der Waals surface area contributed by atoms with Gasteiger partial charge in [0.1, 0.15) is 17.4 Å². The summed E-state index contributed by atoms with van der Waals surface area (Å²) in [6.07, 6.45) is 2.46. The third kappa shape index (κ3) is 4.65. The molecule has 0 saturated carbocycles. The van der Waals surface area contributed by atoms with E-state index in [1.165, 1.54) is 6.20 Å². The van der Waals surface area contributed by atoms with Crippen molar-refractivity contribution in [2.24, 2.45) is 0 Å². The summed E-state index contributed by atoms with van der Waals surface area (Å²) in [5.41, 5.74) is 0.812. The zero-order chi connectivity index (χ0) is 15.2. The van der Waals surface area contributed by atoms with Crippen molar-refractivity contribution in [1.82, 2.24) is 10.3 Å². The Labute approximate surface area is 126 Å². The van der Waals surface area contributed by atoms with Crippen LogP contribution in [0.25, 0.3) is 0 Å². The third-order valence-corrected chi connectivity index (χ3v) is 3.05. The molecule has 6 heteroatoms. The van der Waals surface area contributed by atoms with Crippen molar-refractivity contribution in [3.8, 4) is 11.6 Å². The van der Waals surface area contributed by atoms with Gasteiger partial charge in [0, 0.05) is 37.0 Å². The van der Waals surface area contributed by atoms with Crippen LogP contribution in [0.3, 0.4) is 0 Å². The Bertz CT molecular complexity index is 602. The molecule has 0 radical (unpaired) electrons. The number of rotatable bonds is 6. The van der Waals surface area contributed by atoms with E-state index in [9.17, 15) is 8.78 Å². The first kappa shape index (κ1) is 15.7. The summed E-state index contributed by atoms with van der Waals surface area (Å²) in [6.45, 7) is 3.50. The molecule has 1 aromatic heterocycles. The molecule has 21 heavy (non-hydrogen) atoms. The van der Waals surface area contributed by atoms with Crippen LogP contribution in [0.1, 0.15) is 18.9 Å². The van der Waals surface area contributed by atoms with Crippen molar-refractivity contribution in [2.75, 3.05) is 6.54 Å². The van der Waals surface area contributed by atoms with Crippen LogP contribution in [0.2, 0.25) is 5.02 Å². The molecule has 0 saturated heterocycles. The van der Waals surface area contributed by atoms with Gasteiger partial charge in [-0.1, -0.05) is 18.5 Å². The van der Waals surface area contributed by atoms with Crippen LogP contribution < -0.4 is 10.1 Å². The fourth-order valence-electron chi connectivity index (χ4n) is 1.76. The highest BCUT2D eigenvalue weighted by Gasteiger charge is 2.07. The van der Waals surface area contributed by atoms with Crippen LogP contribution >= 0.6 is 11.6 Å². The molecule has 0 amide bonds. The predicted octanol–water partition coefficient (Wildman–Crippen LogP) is 4.31. The molecule has 0 bridgehead atoms. The Morgan fingerprint density at radius 1 is 1.19 bits per heavy atom. The minimum absolute atomic E-state index is 0.0507. The van der Waals surface area contributed by atoms with Crippen molar-refractivity contribution in [3.63, 3.8) is 0 Å². The highest BCUT2D eigenvalue weighted by Crippen LogP contribution is 2.25. The van der Waals surface area contributed by atoms with Crippen LogP contribution in [0, 0.1) is 11.6 Å². The van der Waals surface area contributed by atoms with Gasteiger partial charge < -0.3 is 10.1 Å². The number of benzene rings is 1. The van der Waals surface area contributed by atoms with Gasteiger partial charge >= 0.3 is 0 Å². The average molecular weight is 313 g/mol. The molecule has 1 heterocycles. The highest BCUT2D eigenvalue weighted by molar-refractivity contribution is 6.31. The number of halogens is 3. The maximum atomic E-state index is 13.1. The first-order valence-corrected chi connectivity index (χ1v) is 6.95. The smallest absolute Gasteiger partial charge is 0.219 e. The minimum atomic E-state index is -0.705. The lowest BCUT2D eigenvalue weighted by Gasteiger charge is -2.09. The molecule has 1 aromatic carbocycles. The van der Waals surface area contributed by atoms with Crippen LogP contribution in [-0.2, 0) is 6.54 Å². The Morgan fingerprint density at radius 3 is 2.57 bits per heavy atom. The summed E-state index contributed by atoms with van der Waals surface area (Å²) in [6, 6.07) is 4.61. The minimum Gasteiger partial charge on any atom is -0.439 e. The van der Waals surface area contributed by atoms with Crippen LogP contribution in [0.5, 0.6) is 11.6 Å². The number of hydrogen-bond donors (Lipinski definition) is 1. The first-order chi connectivity index (χ1) is 10.1. The molecule has 0 fully saturated rings. The summed E-state index contributed by atoms with van der Waals surface area (Å²) in [5.74, 6) is -1.12. The van der Waals surface area contributed by atoms with E-state index < -0.39 is 11.6 Å². The van der Waals surface area contributed by atoms with E-state index in [4.69, 9.17) is 16.3 Å². The molecule has 0 spiro atoms. The molecule has 0 aliphatic heterocycles. The quantitative estimate of drug-likeness (QED) is 0.807. The van der Waals surface area contributed by atoms with E-state index in [0.29, 0.717) is 11.6 Å². The molecule has 2 rings (SSSR count). The monoisotopic (exact) mass is 312 g/mol. The van der Waals surface area contributed by atoms with Crippen molar-refractivity contribution in [1.29, 1.82) is 0 Å².